The van der Waals surface area contributed by atoms with Gasteiger partial charge in [-0.05, 0) is 35.0 Å². The van der Waals surface area contributed by atoms with E-state index in [0.29, 0.717) is 11.7 Å². The number of thiophene rings is 1. The summed E-state index contributed by atoms with van der Waals surface area (Å²) in [5.41, 5.74) is 0. The molecule has 0 saturated carbocycles. The molecule has 1 saturated heterocycles. The third kappa shape index (κ3) is 5.05. The lowest BCUT2D eigenvalue weighted by Crippen LogP contribution is -2.48. The molecule has 1 fully saturated rings. The summed E-state index contributed by atoms with van der Waals surface area (Å²) in [5, 5.41) is 12.1. The summed E-state index contributed by atoms with van der Waals surface area (Å²) in [5.74, 6) is -0.0169. The number of rotatable bonds is 5. The fourth-order valence-electron chi connectivity index (χ4n) is 2.47. The van der Waals surface area contributed by atoms with Gasteiger partial charge in [0, 0.05) is 37.6 Å². The maximum Gasteiger partial charge on any atom is 0.240 e. The Morgan fingerprint density at radius 3 is 2.57 bits per heavy atom. The highest BCUT2D eigenvalue weighted by molar-refractivity contribution is 9.11. The molecule has 0 atom stereocenters. The zero-order valence-electron chi connectivity index (χ0n) is 12.8. The molecule has 0 aliphatic carbocycles. The number of hydrogen-bond donors (Lipinski definition) is 1. The molecule has 0 unspecified atom stereocenters. The zero-order valence-corrected chi connectivity index (χ0v) is 16.0. The van der Waals surface area contributed by atoms with Gasteiger partial charge >= 0.3 is 0 Å². The minimum atomic E-state index is -0.0169. The number of carbonyl (C=O) groups excluding carboxylic acids is 1. The van der Waals surface area contributed by atoms with E-state index in [-0.39, 0.29) is 5.91 Å². The molecule has 3 heterocycles. The minimum absolute atomic E-state index is 0.0169. The van der Waals surface area contributed by atoms with Gasteiger partial charge in [0.05, 0.1) is 10.3 Å². The number of nitrogens with one attached hydrogen (secondary N) is 1. The van der Waals surface area contributed by atoms with Gasteiger partial charge in [0.15, 0.2) is 0 Å². The van der Waals surface area contributed by atoms with Crippen LogP contribution in [-0.4, -0.2) is 58.6 Å². The Bertz CT molecular complexity index is 666. The summed E-state index contributed by atoms with van der Waals surface area (Å²) >= 11 is 6.68. The van der Waals surface area contributed by atoms with E-state index in [1.54, 1.807) is 11.3 Å². The molecule has 9 heteroatoms. The Hall–Kier alpha value is -0.870. The summed E-state index contributed by atoms with van der Waals surface area (Å²) < 4.78 is 1.18. The topological polar surface area (TPSA) is 61.4 Å². The largest absolute Gasteiger partial charge is 0.299 e. The Kier molecular flexibility index (Phi) is 5.76. The molecule has 0 aromatic carbocycles. The maximum atomic E-state index is 12.0. The molecule has 2 aromatic heterocycles. The molecule has 1 amide bonds. The lowest BCUT2D eigenvalue weighted by atomic mass is 10.3. The normalized spacial score (nSPS) is 16.6. The Labute approximate surface area is 151 Å². The smallest absolute Gasteiger partial charge is 0.240 e. The fraction of sp³-hybridized carbons (Fsp3) is 0.500. The second kappa shape index (κ2) is 7.80. The number of halogens is 1. The molecule has 1 aliphatic heterocycles. The third-order valence-corrected chi connectivity index (χ3v) is 5.98. The summed E-state index contributed by atoms with van der Waals surface area (Å²) in [6, 6.07) is 4.26. The first kappa shape index (κ1) is 17.0. The van der Waals surface area contributed by atoms with E-state index in [9.17, 15) is 4.79 Å². The summed E-state index contributed by atoms with van der Waals surface area (Å²) in [6.07, 6.45) is 0. The molecule has 23 heavy (non-hydrogen) atoms. The summed E-state index contributed by atoms with van der Waals surface area (Å²) in [6.45, 7) is 7.07. The van der Waals surface area contributed by atoms with Crippen molar-refractivity contribution in [3.05, 3.63) is 25.8 Å². The number of hydrogen-bond acceptors (Lipinski definition) is 7. The molecule has 6 nitrogen and oxygen atoms in total. The van der Waals surface area contributed by atoms with Crippen LogP contribution in [0, 0.1) is 6.92 Å². The van der Waals surface area contributed by atoms with E-state index in [1.165, 1.54) is 20.0 Å². The quantitative estimate of drug-likeness (QED) is 0.812. The second-order valence-corrected chi connectivity index (χ2v) is 9.16. The van der Waals surface area contributed by atoms with E-state index in [1.807, 2.05) is 6.92 Å². The van der Waals surface area contributed by atoms with Gasteiger partial charge in [-0.1, -0.05) is 11.3 Å². The van der Waals surface area contributed by atoms with Crippen molar-refractivity contribution < 1.29 is 4.79 Å². The minimum Gasteiger partial charge on any atom is -0.299 e. The van der Waals surface area contributed by atoms with Crippen molar-refractivity contribution in [2.24, 2.45) is 0 Å². The van der Waals surface area contributed by atoms with E-state index in [4.69, 9.17) is 0 Å². The average molecular weight is 416 g/mol. The van der Waals surface area contributed by atoms with E-state index >= 15 is 0 Å². The van der Waals surface area contributed by atoms with Crippen molar-refractivity contribution in [3.63, 3.8) is 0 Å². The van der Waals surface area contributed by atoms with Crippen LogP contribution >= 0.6 is 38.6 Å². The fourth-order valence-corrected chi connectivity index (χ4v) is 4.61. The predicted molar refractivity (Wildman–Crippen MR) is 97.0 cm³/mol. The lowest BCUT2D eigenvalue weighted by Gasteiger charge is -2.33. The number of amides is 1. The molecule has 0 spiro atoms. The molecule has 0 radical (unpaired) electrons. The van der Waals surface area contributed by atoms with E-state index in [0.717, 1.165) is 37.7 Å². The summed E-state index contributed by atoms with van der Waals surface area (Å²) in [4.78, 5) is 18.0. The highest BCUT2D eigenvalue weighted by Crippen LogP contribution is 2.23. The number of nitrogens with zero attached hydrogens (tertiary/aromatic N) is 4. The van der Waals surface area contributed by atoms with Crippen molar-refractivity contribution in [1.29, 1.82) is 0 Å². The average Bonchev–Trinajstić information content (AvgIpc) is 3.10. The van der Waals surface area contributed by atoms with Crippen LogP contribution in [0.3, 0.4) is 0 Å². The lowest BCUT2D eigenvalue weighted by molar-refractivity contribution is -0.117. The van der Waals surface area contributed by atoms with Crippen molar-refractivity contribution in [2.75, 3.05) is 38.0 Å². The molecule has 0 bridgehead atoms. The molecule has 2 aromatic rings. The maximum absolute atomic E-state index is 12.0. The third-order valence-electron chi connectivity index (χ3n) is 3.61. The van der Waals surface area contributed by atoms with Gasteiger partial charge in [0.2, 0.25) is 11.0 Å². The Balaban J connectivity index is 1.41. The number of aryl methyl sites for hydroxylation is 1. The van der Waals surface area contributed by atoms with Crippen LogP contribution in [0.5, 0.6) is 0 Å². The van der Waals surface area contributed by atoms with Crippen LogP contribution in [0.15, 0.2) is 15.9 Å². The monoisotopic (exact) mass is 415 g/mol. The first-order valence-electron chi connectivity index (χ1n) is 7.37. The molecular weight excluding hydrogens is 398 g/mol. The van der Waals surface area contributed by atoms with Crippen molar-refractivity contribution in [1.82, 2.24) is 20.0 Å². The van der Waals surface area contributed by atoms with Gasteiger partial charge < -0.3 is 0 Å². The second-order valence-electron chi connectivity index (χ2n) is 5.43. The zero-order chi connectivity index (χ0) is 16.2. The van der Waals surface area contributed by atoms with Crippen molar-refractivity contribution in [3.8, 4) is 0 Å². The van der Waals surface area contributed by atoms with Gasteiger partial charge in [-0.25, -0.2) is 0 Å². The van der Waals surface area contributed by atoms with E-state index in [2.05, 4.69) is 53.4 Å². The van der Waals surface area contributed by atoms with Crippen LogP contribution in [0.25, 0.3) is 0 Å². The van der Waals surface area contributed by atoms with Crippen LogP contribution in [-0.2, 0) is 11.3 Å². The van der Waals surface area contributed by atoms with Crippen molar-refractivity contribution in [2.45, 2.75) is 13.5 Å². The first-order chi connectivity index (χ1) is 11.1. The highest BCUT2D eigenvalue weighted by Gasteiger charge is 2.20. The van der Waals surface area contributed by atoms with E-state index < -0.39 is 0 Å². The number of anilines is 1. The predicted octanol–water partition coefficient (Wildman–Crippen LogP) is 2.43. The molecule has 1 aliphatic rings. The number of carbonyl (C=O) groups is 1. The molecule has 1 N–H and O–H groups in total. The number of piperazine rings is 1. The molecule has 124 valence electrons. The van der Waals surface area contributed by atoms with Gasteiger partial charge in [-0.3, -0.25) is 19.9 Å². The molecule has 3 rings (SSSR count). The van der Waals surface area contributed by atoms with Gasteiger partial charge in [0.1, 0.15) is 5.01 Å². The van der Waals surface area contributed by atoms with Crippen molar-refractivity contribution >= 4 is 49.6 Å². The Morgan fingerprint density at radius 2 is 1.96 bits per heavy atom. The molecular formula is C14H18BrN5OS2. The van der Waals surface area contributed by atoms with Gasteiger partial charge in [0.25, 0.3) is 0 Å². The van der Waals surface area contributed by atoms with Crippen LogP contribution in [0.4, 0.5) is 5.13 Å². The Morgan fingerprint density at radius 1 is 1.22 bits per heavy atom. The van der Waals surface area contributed by atoms with Crippen LogP contribution < -0.4 is 5.32 Å². The summed E-state index contributed by atoms with van der Waals surface area (Å²) in [7, 11) is 0. The number of aromatic nitrogens is 2. The standard InChI is InChI=1S/C14H18BrN5OS2/c1-10-17-18-14(22-10)16-13(21)9-20-6-4-19(5-7-20)8-11-2-3-12(15)23-11/h2-3H,4-9H2,1H3,(H,16,18,21). The van der Waals surface area contributed by atoms with Crippen LogP contribution in [0.2, 0.25) is 0 Å². The van der Waals surface area contributed by atoms with Crippen LogP contribution in [0.1, 0.15) is 9.88 Å². The van der Waals surface area contributed by atoms with Gasteiger partial charge in [-0.2, -0.15) is 0 Å². The first-order valence-corrected chi connectivity index (χ1v) is 9.80. The van der Waals surface area contributed by atoms with Gasteiger partial charge in [-0.15, -0.1) is 21.5 Å². The SMILES string of the molecule is Cc1nnc(NC(=O)CN2CCN(Cc3ccc(Br)s3)CC2)s1. The highest BCUT2D eigenvalue weighted by atomic mass is 79.9.